The highest BCUT2D eigenvalue weighted by atomic mass is 16.5. The summed E-state index contributed by atoms with van der Waals surface area (Å²) >= 11 is 0. The molecule has 1 amide bonds. The molecule has 0 bridgehead atoms. The normalized spacial score (nSPS) is 20.5. The third-order valence-corrected chi connectivity index (χ3v) is 3.58. The largest absolute Gasteiger partial charge is 0.385 e. The van der Waals surface area contributed by atoms with Crippen LogP contribution in [0.25, 0.3) is 0 Å². The number of carbonyl (C=O) groups is 1. The zero-order valence-electron chi connectivity index (χ0n) is 11.3. The van der Waals surface area contributed by atoms with Crippen molar-refractivity contribution in [1.29, 1.82) is 0 Å². The van der Waals surface area contributed by atoms with Gasteiger partial charge in [0.1, 0.15) is 0 Å². The summed E-state index contributed by atoms with van der Waals surface area (Å²) in [5.41, 5.74) is 7.08. The second-order valence-electron chi connectivity index (χ2n) is 4.86. The number of methoxy groups -OCH3 is 1. The van der Waals surface area contributed by atoms with Crippen molar-refractivity contribution < 1.29 is 9.53 Å². The van der Waals surface area contributed by atoms with Crippen LogP contribution >= 0.6 is 0 Å². The molecule has 2 atom stereocenters. The van der Waals surface area contributed by atoms with E-state index in [1.807, 2.05) is 17.0 Å². The second-order valence-corrected chi connectivity index (χ2v) is 4.86. The van der Waals surface area contributed by atoms with Gasteiger partial charge in [-0.05, 0) is 37.0 Å². The van der Waals surface area contributed by atoms with Gasteiger partial charge in [0.05, 0.1) is 12.1 Å². The van der Waals surface area contributed by atoms with E-state index < -0.39 is 6.04 Å². The highest BCUT2D eigenvalue weighted by molar-refractivity contribution is 5.82. The SMILES string of the molecule is COCCC(N)C(=O)N1CCCC1c1ccncc1. The molecule has 0 radical (unpaired) electrons. The van der Waals surface area contributed by atoms with Gasteiger partial charge in [0.15, 0.2) is 0 Å². The molecule has 2 heterocycles. The van der Waals surface area contributed by atoms with Crippen LogP contribution in [0.3, 0.4) is 0 Å². The van der Waals surface area contributed by atoms with E-state index >= 15 is 0 Å². The van der Waals surface area contributed by atoms with Crippen molar-refractivity contribution in [2.45, 2.75) is 31.3 Å². The lowest BCUT2D eigenvalue weighted by Crippen LogP contribution is -2.43. The number of rotatable bonds is 5. The highest BCUT2D eigenvalue weighted by Gasteiger charge is 2.32. The molecule has 1 aliphatic rings. The van der Waals surface area contributed by atoms with E-state index in [0.717, 1.165) is 24.9 Å². The fourth-order valence-electron chi connectivity index (χ4n) is 2.54. The summed E-state index contributed by atoms with van der Waals surface area (Å²) in [7, 11) is 1.62. The number of hydrogen-bond acceptors (Lipinski definition) is 4. The van der Waals surface area contributed by atoms with Crippen LogP contribution in [0.2, 0.25) is 0 Å². The Labute approximate surface area is 113 Å². The summed E-state index contributed by atoms with van der Waals surface area (Å²) in [6.45, 7) is 1.30. The van der Waals surface area contributed by atoms with Crippen molar-refractivity contribution in [2.24, 2.45) is 5.73 Å². The van der Waals surface area contributed by atoms with Crippen LogP contribution < -0.4 is 5.73 Å². The fourth-order valence-corrected chi connectivity index (χ4v) is 2.54. The molecule has 2 unspecified atom stereocenters. The van der Waals surface area contributed by atoms with Crippen molar-refractivity contribution in [1.82, 2.24) is 9.88 Å². The minimum atomic E-state index is -0.470. The van der Waals surface area contributed by atoms with Crippen LogP contribution in [-0.4, -0.2) is 42.1 Å². The third kappa shape index (κ3) is 3.30. The first-order chi connectivity index (χ1) is 9.24. The summed E-state index contributed by atoms with van der Waals surface area (Å²) < 4.78 is 4.98. The van der Waals surface area contributed by atoms with Gasteiger partial charge in [0.25, 0.3) is 0 Å². The van der Waals surface area contributed by atoms with Crippen LogP contribution in [0.4, 0.5) is 0 Å². The van der Waals surface area contributed by atoms with Gasteiger partial charge in [-0.15, -0.1) is 0 Å². The fraction of sp³-hybridized carbons (Fsp3) is 0.571. The molecule has 2 rings (SSSR count). The van der Waals surface area contributed by atoms with Crippen molar-refractivity contribution in [2.75, 3.05) is 20.3 Å². The first kappa shape index (κ1) is 14.0. The average molecular weight is 263 g/mol. The smallest absolute Gasteiger partial charge is 0.240 e. The van der Waals surface area contributed by atoms with E-state index in [4.69, 9.17) is 10.5 Å². The Morgan fingerprint density at radius 2 is 2.32 bits per heavy atom. The van der Waals surface area contributed by atoms with Crippen LogP contribution in [0, 0.1) is 0 Å². The first-order valence-electron chi connectivity index (χ1n) is 6.69. The van der Waals surface area contributed by atoms with Gasteiger partial charge < -0.3 is 15.4 Å². The van der Waals surface area contributed by atoms with Gasteiger partial charge in [-0.2, -0.15) is 0 Å². The lowest BCUT2D eigenvalue weighted by Gasteiger charge is -2.27. The van der Waals surface area contributed by atoms with Crippen molar-refractivity contribution >= 4 is 5.91 Å². The maximum atomic E-state index is 12.4. The molecule has 1 saturated heterocycles. The predicted molar refractivity (Wildman–Crippen MR) is 72.4 cm³/mol. The van der Waals surface area contributed by atoms with Gasteiger partial charge in [-0.3, -0.25) is 9.78 Å². The molecule has 2 N–H and O–H groups in total. The van der Waals surface area contributed by atoms with E-state index in [-0.39, 0.29) is 11.9 Å². The Bertz CT molecular complexity index is 410. The van der Waals surface area contributed by atoms with E-state index in [1.165, 1.54) is 0 Å². The van der Waals surface area contributed by atoms with Gasteiger partial charge >= 0.3 is 0 Å². The summed E-state index contributed by atoms with van der Waals surface area (Å²) in [5, 5.41) is 0. The number of ether oxygens (including phenoxy) is 1. The summed E-state index contributed by atoms with van der Waals surface area (Å²) in [6.07, 6.45) is 6.11. The summed E-state index contributed by atoms with van der Waals surface area (Å²) in [5.74, 6) is 0.0244. The molecule has 1 aromatic heterocycles. The summed E-state index contributed by atoms with van der Waals surface area (Å²) in [4.78, 5) is 18.3. The molecule has 0 aromatic carbocycles. The molecule has 5 nitrogen and oxygen atoms in total. The lowest BCUT2D eigenvalue weighted by atomic mass is 10.1. The van der Waals surface area contributed by atoms with Gasteiger partial charge in [0.2, 0.25) is 5.91 Å². The number of pyridine rings is 1. The van der Waals surface area contributed by atoms with Gasteiger partial charge in [-0.25, -0.2) is 0 Å². The minimum Gasteiger partial charge on any atom is -0.385 e. The zero-order valence-corrected chi connectivity index (χ0v) is 11.3. The van der Waals surface area contributed by atoms with Crippen molar-refractivity contribution in [3.8, 4) is 0 Å². The predicted octanol–water partition coefficient (Wildman–Crippen LogP) is 1.11. The molecule has 0 aliphatic carbocycles. The Morgan fingerprint density at radius 3 is 3.00 bits per heavy atom. The standard InChI is InChI=1S/C14H21N3O2/c1-19-10-6-12(15)14(18)17-9-2-3-13(17)11-4-7-16-8-5-11/h4-5,7-8,12-13H,2-3,6,9-10,15H2,1H3. The molecule has 0 saturated carbocycles. The molecular weight excluding hydrogens is 242 g/mol. The monoisotopic (exact) mass is 263 g/mol. The summed E-state index contributed by atoms with van der Waals surface area (Å²) in [6, 6.07) is 3.61. The maximum absolute atomic E-state index is 12.4. The maximum Gasteiger partial charge on any atom is 0.240 e. The molecule has 104 valence electrons. The number of carbonyl (C=O) groups excluding carboxylic acids is 1. The topological polar surface area (TPSA) is 68.5 Å². The minimum absolute atomic E-state index is 0.0244. The number of nitrogens with zero attached hydrogens (tertiary/aromatic N) is 2. The highest BCUT2D eigenvalue weighted by Crippen LogP contribution is 2.31. The molecule has 19 heavy (non-hydrogen) atoms. The third-order valence-electron chi connectivity index (χ3n) is 3.58. The number of likely N-dealkylation sites (tertiary alicyclic amines) is 1. The Kier molecular flexibility index (Phi) is 4.87. The van der Waals surface area contributed by atoms with Crippen molar-refractivity contribution in [3.05, 3.63) is 30.1 Å². The van der Waals surface area contributed by atoms with E-state index in [1.54, 1.807) is 19.5 Å². The Morgan fingerprint density at radius 1 is 1.58 bits per heavy atom. The number of amides is 1. The molecular formula is C14H21N3O2. The van der Waals surface area contributed by atoms with E-state index in [0.29, 0.717) is 13.0 Å². The molecule has 1 aliphatic heterocycles. The number of aromatic nitrogens is 1. The number of hydrogen-bond donors (Lipinski definition) is 1. The van der Waals surface area contributed by atoms with Crippen molar-refractivity contribution in [3.63, 3.8) is 0 Å². The number of nitrogens with two attached hydrogens (primary N) is 1. The molecule has 1 aromatic rings. The Hall–Kier alpha value is -1.46. The van der Waals surface area contributed by atoms with Gasteiger partial charge in [-0.1, -0.05) is 0 Å². The van der Waals surface area contributed by atoms with Crippen LogP contribution in [0.15, 0.2) is 24.5 Å². The molecule has 0 spiro atoms. The van der Waals surface area contributed by atoms with E-state index in [2.05, 4.69) is 4.98 Å². The van der Waals surface area contributed by atoms with Crippen LogP contribution in [0.5, 0.6) is 0 Å². The average Bonchev–Trinajstić information content (AvgIpc) is 2.94. The lowest BCUT2D eigenvalue weighted by molar-refractivity contribution is -0.134. The second kappa shape index (κ2) is 6.63. The van der Waals surface area contributed by atoms with Crippen LogP contribution in [0.1, 0.15) is 30.9 Å². The van der Waals surface area contributed by atoms with Gasteiger partial charge in [0, 0.05) is 32.7 Å². The first-order valence-corrected chi connectivity index (χ1v) is 6.69. The molecule has 5 heteroatoms. The molecule has 1 fully saturated rings. The zero-order chi connectivity index (χ0) is 13.7. The quantitative estimate of drug-likeness (QED) is 0.864. The Balaban J connectivity index is 2.04. The van der Waals surface area contributed by atoms with E-state index in [9.17, 15) is 4.79 Å². The van der Waals surface area contributed by atoms with Crippen LogP contribution in [-0.2, 0) is 9.53 Å².